The van der Waals surface area contributed by atoms with Crippen molar-refractivity contribution in [1.82, 2.24) is 19.4 Å². The first-order valence-corrected chi connectivity index (χ1v) is 10.5. The molecule has 1 radical (unpaired) electrons. The highest BCUT2D eigenvalue weighted by molar-refractivity contribution is 7.90. The van der Waals surface area contributed by atoms with Crippen LogP contribution in [0.4, 0.5) is 18.0 Å². The number of rotatable bonds is 6. The maximum absolute atomic E-state index is 13.2. The van der Waals surface area contributed by atoms with Gasteiger partial charge in [0.15, 0.2) is 12.4 Å². The Morgan fingerprint density at radius 1 is 1.32 bits per heavy atom. The third-order valence-corrected chi connectivity index (χ3v) is 5.72. The molecule has 1 aromatic carbocycles. The van der Waals surface area contributed by atoms with Gasteiger partial charge < -0.3 is 14.2 Å². The standard InChI is InChI=1S/C20H20F3N4O3S/c1-4-26(3)19(28)27-16-8-6-5-7-14(16)25-18(27)31(29)11-15-13(2)17(9-10-24-15)30-12-20(21,22)23/h5-10H,1,4,11-12H2,2-3H3. The fraction of sp³-hybridized carbons (Fsp3) is 0.300. The Kier molecular flexibility index (Phi) is 6.75. The Hall–Kier alpha value is -2.79. The van der Waals surface area contributed by atoms with Crippen molar-refractivity contribution in [2.24, 2.45) is 0 Å². The predicted octanol–water partition coefficient (Wildman–Crippen LogP) is 3.72. The average molecular weight is 453 g/mol. The molecule has 3 aromatic rings. The summed E-state index contributed by atoms with van der Waals surface area (Å²) in [6.07, 6.45) is -3.19. The van der Waals surface area contributed by atoms with Crippen LogP contribution >= 0.6 is 0 Å². The van der Waals surface area contributed by atoms with Gasteiger partial charge >= 0.3 is 17.4 Å². The first-order chi connectivity index (χ1) is 14.6. The van der Waals surface area contributed by atoms with Gasteiger partial charge in [0, 0.05) is 36.5 Å². The molecule has 0 aliphatic rings. The van der Waals surface area contributed by atoms with Gasteiger partial charge in [-0.25, -0.2) is 9.36 Å². The first kappa shape index (κ1) is 22.9. The van der Waals surface area contributed by atoms with Gasteiger partial charge in [-0.05, 0) is 32.0 Å². The maximum atomic E-state index is 13.2. The number of amides is 1. The van der Waals surface area contributed by atoms with Crippen molar-refractivity contribution in [3.63, 3.8) is 0 Å². The van der Waals surface area contributed by atoms with E-state index in [9.17, 15) is 22.5 Å². The van der Waals surface area contributed by atoms with Crippen LogP contribution in [0.15, 0.2) is 41.7 Å². The van der Waals surface area contributed by atoms with Crippen LogP contribution in [0, 0.1) is 13.8 Å². The van der Waals surface area contributed by atoms with Crippen molar-refractivity contribution < 1.29 is 27.3 Å². The number of alkyl halides is 3. The van der Waals surface area contributed by atoms with Crippen LogP contribution < -0.4 is 4.74 Å². The number of hydrogen-bond donors (Lipinski definition) is 0. The fourth-order valence-corrected chi connectivity index (χ4v) is 4.07. The van der Waals surface area contributed by atoms with Crippen molar-refractivity contribution in [2.75, 3.05) is 20.2 Å². The molecule has 2 heterocycles. The predicted molar refractivity (Wildman–Crippen MR) is 109 cm³/mol. The summed E-state index contributed by atoms with van der Waals surface area (Å²) in [7, 11) is 1.56. The number of aromatic nitrogens is 3. The molecule has 165 valence electrons. The largest absolute Gasteiger partial charge is 0.609 e. The van der Waals surface area contributed by atoms with Gasteiger partial charge in [0.2, 0.25) is 0 Å². The van der Waals surface area contributed by atoms with Crippen LogP contribution in [0.3, 0.4) is 0 Å². The van der Waals surface area contributed by atoms with E-state index in [4.69, 9.17) is 4.74 Å². The molecule has 11 heteroatoms. The molecule has 1 atom stereocenters. The number of ether oxygens (including phenoxy) is 1. The summed E-state index contributed by atoms with van der Waals surface area (Å²) in [6, 6.07) is 7.73. The number of halogens is 3. The van der Waals surface area contributed by atoms with E-state index >= 15 is 0 Å². The molecular formula is C20H20F3N4O3S. The molecule has 0 saturated carbocycles. The lowest BCUT2D eigenvalue weighted by Gasteiger charge is -2.18. The Morgan fingerprint density at radius 3 is 2.71 bits per heavy atom. The smallest absolute Gasteiger partial charge is 0.422 e. The number of nitrogens with zero attached hydrogens (tertiary/aromatic N) is 4. The molecule has 1 unspecified atom stereocenters. The van der Waals surface area contributed by atoms with E-state index in [2.05, 4.69) is 16.9 Å². The number of carbonyl (C=O) groups excluding carboxylic acids is 1. The third kappa shape index (κ3) is 5.10. The van der Waals surface area contributed by atoms with Gasteiger partial charge in [-0.2, -0.15) is 18.2 Å². The van der Waals surface area contributed by atoms with Gasteiger partial charge in [0.25, 0.3) is 0 Å². The minimum Gasteiger partial charge on any atom is -0.609 e. The molecule has 2 aromatic heterocycles. The normalized spacial score (nSPS) is 12.7. The maximum Gasteiger partial charge on any atom is 0.422 e. The molecule has 0 N–H and O–H groups in total. The molecule has 7 nitrogen and oxygen atoms in total. The van der Waals surface area contributed by atoms with Crippen LogP contribution in [0.1, 0.15) is 11.3 Å². The summed E-state index contributed by atoms with van der Waals surface area (Å²) in [4.78, 5) is 22.7. The monoisotopic (exact) mass is 453 g/mol. The van der Waals surface area contributed by atoms with Crippen LogP contribution in [0.25, 0.3) is 11.0 Å². The fourth-order valence-electron chi connectivity index (χ4n) is 2.82. The van der Waals surface area contributed by atoms with Crippen LogP contribution in [-0.4, -0.2) is 56.4 Å². The second kappa shape index (κ2) is 9.15. The highest BCUT2D eigenvalue weighted by Crippen LogP contribution is 2.27. The summed E-state index contributed by atoms with van der Waals surface area (Å²) in [5.41, 5.74) is 1.60. The van der Waals surface area contributed by atoms with E-state index in [0.29, 0.717) is 16.6 Å². The summed E-state index contributed by atoms with van der Waals surface area (Å²) >= 11 is -1.81. The summed E-state index contributed by atoms with van der Waals surface area (Å²) in [6.45, 7) is 3.97. The third-order valence-electron chi connectivity index (χ3n) is 4.50. The minimum absolute atomic E-state index is 0.000644. The molecular weight excluding hydrogens is 433 g/mol. The molecule has 31 heavy (non-hydrogen) atoms. The van der Waals surface area contributed by atoms with Crippen molar-refractivity contribution in [1.29, 1.82) is 0 Å². The second-order valence-electron chi connectivity index (χ2n) is 6.70. The van der Waals surface area contributed by atoms with Crippen molar-refractivity contribution in [2.45, 2.75) is 24.0 Å². The van der Waals surface area contributed by atoms with Crippen LogP contribution in [0.5, 0.6) is 5.75 Å². The number of pyridine rings is 1. The highest BCUT2D eigenvalue weighted by atomic mass is 32.2. The Balaban J connectivity index is 1.94. The zero-order chi connectivity index (χ0) is 22.8. The van der Waals surface area contributed by atoms with Gasteiger partial charge in [0.05, 0.1) is 16.7 Å². The lowest BCUT2D eigenvalue weighted by molar-refractivity contribution is -0.153. The Bertz CT molecular complexity index is 1090. The van der Waals surface area contributed by atoms with Gasteiger partial charge in [-0.3, -0.25) is 4.98 Å². The molecule has 0 saturated heterocycles. The van der Waals surface area contributed by atoms with E-state index in [0.717, 1.165) is 0 Å². The number of carbonyl (C=O) groups is 1. The zero-order valence-electron chi connectivity index (χ0n) is 16.8. The Labute approximate surface area is 180 Å². The summed E-state index contributed by atoms with van der Waals surface area (Å²) in [5.74, 6) is -0.152. The SMILES string of the molecule is [CH2]CN(C)C(=O)n1c([S+]([O-])Cc2nccc(OCC(F)(F)F)c2C)nc2ccccc21. The molecule has 0 aliphatic carbocycles. The number of imidazole rings is 1. The van der Waals surface area contributed by atoms with E-state index in [1.807, 2.05) is 0 Å². The molecule has 0 aliphatic heterocycles. The van der Waals surface area contributed by atoms with E-state index in [-0.39, 0.29) is 28.9 Å². The van der Waals surface area contributed by atoms with Gasteiger partial charge in [-0.15, -0.1) is 0 Å². The highest BCUT2D eigenvalue weighted by Gasteiger charge is 2.30. The van der Waals surface area contributed by atoms with Crippen molar-refractivity contribution in [3.05, 3.63) is 54.7 Å². The van der Waals surface area contributed by atoms with Gasteiger partial charge in [-0.1, -0.05) is 12.1 Å². The van der Waals surface area contributed by atoms with E-state index in [1.54, 1.807) is 31.3 Å². The zero-order valence-corrected chi connectivity index (χ0v) is 17.7. The molecule has 0 fully saturated rings. The average Bonchev–Trinajstić information content (AvgIpc) is 3.12. The van der Waals surface area contributed by atoms with E-state index < -0.39 is 30.0 Å². The number of fused-ring (bicyclic) bond motifs is 1. The molecule has 0 spiro atoms. The van der Waals surface area contributed by atoms with Crippen LogP contribution in [-0.2, 0) is 16.9 Å². The molecule has 0 bridgehead atoms. The van der Waals surface area contributed by atoms with E-state index in [1.165, 1.54) is 28.7 Å². The number of benzene rings is 1. The second-order valence-corrected chi connectivity index (χ2v) is 8.04. The lowest BCUT2D eigenvalue weighted by atomic mass is 10.2. The number of hydrogen-bond acceptors (Lipinski definition) is 5. The minimum atomic E-state index is -4.48. The summed E-state index contributed by atoms with van der Waals surface area (Å²) < 4.78 is 56.7. The van der Waals surface area contributed by atoms with Gasteiger partial charge in [0.1, 0.15) is 5.75 Å². The topological polar surface area (TPSA) is 83.3 Å². The number of para-hydroxylation sites is 2. The molecule has 3 rings (SSSR count). The Morgan fingerprint density at radius 2 is 2.03 bits per heavy atom. The van der Waals surface area contributed by atoms with Crippen LogP contribution in [0.2, 0.25) is 0 Å². The quantitative estimate of drug-likeness (QED) is 0.531. The van der Waals surface area contributed by atoms with Crippen molar-refractivity contribution >= 4 is 28.2 Å². The van der Waals surface area contributed by atoms with Crippen molar-refractivity contribution in [3.8, 4) is 5.75 Å². The lowest BCUT2D eigenvalue weighted by Crippen LogP contribution is -2.33. The first-order valence-electron chi connectivity index (χ1n) is 9.17. The summed E-state index contributed by atoms with van der Waals surface area (Å²) in [5, 5.41) is 0.0225. The molecule has 1 amide bonds.